The molecule has 0 unspecified atom stereocenters. The van der Waals surface area contributed by atoms with Gasteiger partial charge in [-0.3, -0.25) is 19.5 Å². The van der Waals surface area contributed by atoms with Gasteiger partial charge in [-0.1, -0.05) is 66.7 Å². The minimum atomic E-state index is -1.82. The molecule has 0 atom stereocenters. The van der Waals surface area contributed by atoms with E-state index < -0.39 is 11.9 Å². The van der Waals surface area contributed by atoms with Gasteiger partial charge in [0.25, 0.3) is 0 Å². The molecule has 0 aromatic heterocycles. The summed E-state index contributed by atoms with van der Waals surface area (Å²) in [5.41, 5.74) is 5.93. The molecule has 3 aromatic carbocycles. The number of benzene rings is 3. The molecule has 192 valence electrons. The lowest BCUT2D eigenvalue weighted by Crippen LogP contribution is -2.49. The van der Waals surface area contributed by atoms with E-state index >= 15 is 0 Å². The van der Waals surface area contributed by atoms with Gasteiger partial charge in [-0.2, -0.15) is 0 Å². The van der Waals surface area contributed by atoms with E-state index in [0.29, 0.717) is 6.54 Å². The van der Waals surface area contributed by atoms with Gasteiger partial charge in [0.1, 0.15) is 0 Å². The number of carboxylic acid groups (broad SMARTS) is 2. The van der Waals surface area contributed by atoms with Gasteiger partial charge in [-0.25, -0.2) is 9.59 Å². The summed E-state index contributed by atoms with van der Waals surface area (Å²) < 4.78 is 0. The first-order valence-corrected chi connectivity index (χ1v) is 12.4. The van der Waals surface area contributed by atoms with Gasteiger partial charge >= 0.3 is 11.9 Å². The highest BCUT2D eigenvalue weighted by Gasteiger charge is 2.28. The number of hydrogen-bond acceptors (Lipinski definition) is 5. The Kier molecular flexibility index (Phi) is 8.66. The largest absolute Gasteiger partial charge is 0.473 e. The smallest absolute Gasteiger partial charge is 0.414 e. The second-order valence-corrected chi connectivity index (χ2v) is 9.13. The van der Waals surface area contributed by atoms with Crippen LogP contribution in [0.25, 0.3) is 0 Å². The Bertz CT molecular complexity index is 1180. The maximum Gasteiger partial charge on any atom is 0.414 e. The van der Waals surface area contributed by atoms with Gasteiger partial charge in [0.2, 0.25) is 5.91 Å². The molecule has 8 heteroatoms. The highest BCUT2D eigenvalue weighted by Crippen LogP contribution is 2.36. The SMILES string of the molecule is O=C(CN1CCN(Cc2ccccc2)CC1)N1c2ccccc2CCc2ccccc21.O=C(O)C(=O)O. The number of nitrogens with zero attached hydrogens (tertiary/aromatic N) is 3. The van der Waals surface area contributed by atoms with Crippen LogP contribution in [0.4, 0.5) is 11.4 Å². The highest BCUT2D eigenvalue weighted by atomic mass is 16.4. The normalized spacial score (nSPS) is 15.4. The van der Waals surface area contributed by atoms with Gasteiger partial charge in [0.05, 0.1) is 17.9 Å². The van der Waals surface area contributed by atoms with Crippen molar-refractivity contribution in [3.63, 3.8) is 0 Å². The van der Waals surface area contributed by atoms with Crippen LogP contribution in [0.15, 0.2) is 78.9 Å². The standard InChI is InChI=1S/C27H29N3O.C2H2O4/c31-27(21-29-18-16-28(17-19-29)20-22-8-2-1-3-9-22)30-25-12-6-4-10-23(25)14-15-24-11-5-7-13-26(24)30;3-1(4)2(5)6/h1-13H,14-21H2;(H,3,4)(H,5,6). The molecule has 2 heterocycles. The number of piperazine rings is 1. The number of anilines is 2. The zero-order valence-electron chi connectivity index (χ0n) is 20.6. The second kappa shape index (κ2) is 12.3. The molecule has 0 aliphatic carbocycles. The second-order valence-electron chi connectivity index (χ2n) is 9.13. The Morgan fingerprint density at radius 2 is 1.08 bits per heavy atom. The molecule has 3 aromatic rings. The maximum atomic E-state index is 13.6. The third-order valence-electron chi connectivity index (χ3n) is 6.63. The summed E-state index contributed by atoms with van der Waals surface area (Å²) in [6, 6.07) is 27.3. The van der Waals surface area contributed by atoms with Crippen molar-refractivity contribution in [2.45, 2.75) is 19.4 Å². The lowest BCUT2D eigenvalue weighted by molar-refractivity contribution is -0.159. The Morgan fingerprint density at radius 1 is 0.622 bits per heavy atom. The molecule has 1 amide bonds. The molecular formula is C29H31N3O5. The Hall–Kier alpha value is -4.01. The van der Waals surface area contributed by atoms with Gasteiger partial charge in [-0.05, 0) is 41.7 Å². The van der Waals surface area contributed by atoms with E-state index in [-0.39, 0.29) is 5.91 Å². The van der Waals surface area contributed by atoms with Gasteiger partial charge in [0.15, 0.2) is 0 Å². The average molecular weight is 502 g/mol. The fourth-order valence-corrected chi connectivity index (χ4v) is 4.76. The Balaban J connectivity index is 0.000000480. The molecule has 5 rings (SSSR count). The van der Waals surface area contributed by atoms with Crippen LogP contribution in [0.3, 0.4) is 0 Å². The number of aliphatic carboxylic acids is 2. The molecule has 0 spiro atoms. The molecule has 0 radical (unpaired) electrons. The number of amides is 1. The van der Waals surface area contributed by atoms with Crippen LogP contribution in [0.1, 0.15) is 16.7 Å². The zero-order valence-corrected chi connectivity index (χ0v) is 20.6. The van der Waals surface area contributed by atoms with Crippen LogP contribution in [0, 0.1) is 0 Å². The molecule has 0 bridgehead atoms. The zero-order chi connectivity index (χ0) is 26.2. The number of carbonyl (C=O) groups is 3. The van der Waals surface area contributed by atoms with Crippen molar-refractivity contribution in [2.75, 3.05) is 37.6 Å². The molecule has 2 aliphatic rings. The topological polar surface area (TPSA) is 101 Å². The van der Waals surface area contributed by atoms with E-state index in [1.165, 1.54) is 16.7 Å². The van der Waals surface area contributed by atoms with Gasteiger partial charge < -0.3 is 10.2 Å². The van der Waals surface area contributed by atoms with Crippen LogP contribution in [0.5, 0.6) is 0 Å². The number of aryl methyl sites for hydroxylation is 2. The summed E-state index contributed by atoms with van der Waals surface area (Å²) in [5.74, 6) is -3.48. The van der Waals surface area contributed by atoms with Crippen molar-refractivity contribution in [1.29, 1.82) is 0 Å². The number of para-hydroxylation sites is 2. The summed E-state index contributed by atoms with van der Waals surface area (Å²) in [7, 11) is 0. The first-order valence-electron chi connectivity index (χ1n) is 12.4. The van der Waals surface area contributed by atoms with Crippen molar-refractivity contribution in [3.8, 4) is 0 Å². The molecule has 0 saturated carbocycles. The van der Waals surface area contributed by atoms with E-state index in [0.717, 1.165) is 56.9 Å². The molecule has 2 aliphatic heterocycles. The van der Waals surface area contributed by atoms with Crippen LogP contribution in [-0.4, -0.2) is 70.6 Å². The molecule has 37 heavy (non-hydrogen) atoms. The van der Waals surface area contributed by atoms with Crippen molar-refractivity contribution in [1.82, 2.24) is 9.80 Å². The van der Waals surface area contributed by atoms with Gasteiger partial charge in [-0.15, -0.1) is 0 Å². The van der Waals surface area contributed by atoms with E-state index in [1.807, 2.05) is 17.0 Å². The summed E-state index contributed by atoms with van der Waals surface area (Å²) in [6.45, 7) is 5.29. The number of carboxylic acids is 2. The summed E-state index contributed by atoms with van der Waals surface area (Å²) >= 11 is 0. The molecule has 1 fully saturated rings. The van der Waals surface area contributed by atoms with Crippen molar-refractivity contribution < 1.29 is 24.6 Å². The first-order chi connectivity index (χ1) is 17.9. The number of rotatable bonds is 4. The summed E-state index contributed by atoms with van der Waals surface area (Å²) in [4.78, 5) is 38.5. The minimum absolute atomic E-state index is 0.165. The van der Waals surface area contributed by atoms with E-state index in [2.05, 4.69) is 76.5 Å². The Labute approximate surface area is 216 Å². The van der Waals surface area contributed by atoms with Crippen LogP contribution in [0.2, 0.25) is 0 Å². The third kappa shape index (κ3) is 6.81. The van der Waals surface area contributed by atoms with Crippen LogP contribution >= 0.6 is 0 Å². The predicted molar refractivity (Wildman–Crippen MR) is 141 cm³/mol. The third-order valence-corrected chi connectivity index (χ3v) is 6.63. The monoisotopic (exact) mass is 501 g/mol. The van der Waals surface area contributed by atoms with Crippen molar-refractivity contribution in [2.24, 2.45) is 0 Å². The fourth-order valence-electron chi connectivity index (χ4n) is 4.76. The number of hydrogen-bond donors (Lipinski definition) is 2. The molecular weight excluding hydrogens is 470 g/mol. The highest BCUT2D eigenvalue weighted by molar-refractivity contribution is 6.27. The molecule has 1 saturated heterocycles. The average Bonchev–Trinajstić information content (AvgIpc) is 3.08. The summed E-state index contributed by atoms with van der Waals surface area (Å²) in [6.07, 6.45) is 1.93. The first kappa shape index (κ1) is 26.1. The van der Waals surface area contributed by atoms with E-state index in [9.17, 15) is 4.79 Å². The van der Waals surface area contributed by atoms with Crippen LogP contribution < -0.4 is 4.90 Å². The lowest BCUT2D eigenvalue weighted by atomic mass is 10.0. The quantitative estimate of drug-likeness (QED) is 0.528. The van der Waals surface area contributed by atoms with Crippen LogP contribution in [-0.2, 0) is 33.8 Å². The molecule has 8 nitrogen and oxygen atoms in total. The fraction of sp³-hybridized carbons (Fsp3) is 0.276. The molecule has 2 N–H and O–H groups in total. The predicted octanol–water partition coefficient (Wildman–Crippen LogP) is 3.42. The van der Waals surface area contributed by atoms with Crippen molar-refractivity contribution in [3.05, 3.63) is 95.6 Å². The van der Waals surface area contributed by atoms with E-state index in [1.54, 1.807) is 0 Å². The van der Waals surface area contributed by atoms with Gasteiger partial charge in [0, 0.05) is 32.7 Å². The number of carbonyl (C=O) groups excluding carboxylic acids is 1. The lowest BCUT2D eigenvalue weighted by Gasteiger charge is -2.35. The maximum absolute atomic E-state index is 13.6. The summed E-state index contributed by atoms with van der Waals surface area (Å²) in [5, 5.41) is 14.8. The minimum Gasteiger partial charge on any atom is -0.473 e. The van der Waals surface area contributed by atoms with E-state index in [4.69, 9.17) is 19.8 Å². The van der Waals surface area contributed by atoms with Crippen molar-refractivity contribution >= 4 is 29.2 Å². The Morgan fingerprint density at radius 3 is 1.59 bits per heavy atom. The number of fused-ring (bicyclic) bond motifs is 2.